The van der Waals surface area contributed by atoms with Crippen LogP contribution in [0.3, 0.4) is 0 Å². The monoisotopic (exact) mass is 487 g/mol. The van der Waals surface area contributed by atoms with Crippen LogP contribution in [0.15, 0.2) is 82.6 Å². The van der Waals surface area contributed by atoms with E-state index in [0.29, 0.717) is 11.0 Å². The van der Waals surface area contributed by atoms with Gasteiger partial charge in [-0.25, -0.2) is 0 Å². The Balaban J connectivity index is 1.28. The number of aromatic nitrogens is 3. The van der Waals surface area contributed by atoms with Crippen molar-refractivity contribution >= 4 is 17.7 Å². The summed E-state index contributed by atoms with van der Waals surface area (Å²) >= 11 is 1.45. The van der Waals surface area contributed by atoms with Gasteiger partial charge in [-0.05, 0) is 37.6 Å². The molecule has 0 radical (unpaired) electrons. The SMILES string of the molecule is Cc1occc1-c1nnc(SC(C)C(=O)N2CCN(Cc3ccccc3)CC2)n1-c1ccccc1. The first-order valence-corrected chi connectivity index (χ1v) is 12.7. The first-order valence-electron chi connectivity index (χ1n) is 11.9. The van der Waals surface area contributed by atoms with Gasteiger partial charge in [0.05, 0.1) is 17.1 Å². The van der Waals surface area contributed by atoms with Crippen LogP contribution in [0.1, 0.15) is 18.2 Å². The number of nitrogens with zero attached hydrogens (tertiary/aromatic N) is 5. The molecule has 1 unspecified atom stereocenters. The lowest BCUT2D eigenvalue weighted by Gasteiger charge is -2.35. The molecule has 1 saturated heterocycles. The summed E-state index contributed by atoms with van der Waals surface area (Å²) in [6, 6.07) is 22.4. The molecule has 0 spiro atoms. The summed E-state index contributed by atoms with van der Waals surface area (Å²) in [5, 5.41) is 9.36. The number of aryl methyl sites for hydroxylation is 1. The van der Waals surface area contributed by atoms with Gasteiger partial charge in [0.2, 0.25) is 5.91 Å². The van der Waals surface area contributed by atoms with Gasteiger partial charge >= 0.3 is 0 Å². The minimum Gasteiger partial charge on any atom is -0.469 e. The van der Waals surface area contributed by atoms with Crippen LogP contribution in [0.4, 0.5) is 0 Å². The largest absolute Gasteiger partial charge is 0.469 e. The van der Waals surface area contributed by atoms with Gasteiger partial charge in [-0.3, -0.25) is 14.3 Å². The molecule has 4 aromatic rings. The lowest BCUT2D eigenvalue weighted by atomic mass is 10.2. The minimum absolute atomic E-state index is 0.137. The Kier molecular flexibility index (Phi) is 7.01. The highest BCUT2D eigenvalue weighted by molar-refractivity contribution is 8.00. The quantitative estimate of drug-likeness (QED) is 0.353. The van der Waals surface area contributed by atoms with Crippen LogP contribution in [0, 0.1) is 6.92 Å². The zero-order valence-corrected chi connectivity index (χ0v) is 20.8. The molecule has 1 aliphatic rings. The topological polar surface area (TPSA) is 67.4 Å². The molecule has 0 saturated carbocycles. The molecule has 8 heteroatoms. The van der Waals surface area contributed by atoms with Crippen LogP contribution in [0.25, 0.3) is 17.1 Å². The number of rotatable bonds is 7. The average molecular weight is 488 g/mol. The lowest BCUT2D eigenvalue weighted by molar-refractivity contribution is -0.132. The summed E-state index contributed by atoms with van der Waals surface area (Å²) in [4.78, 5) is 17.7. The predicted molar refractivity (Wildman–Crippen MR) is 137 cm³/mol. The summed E-state index contributed by atoms with van der Waals surface area (Å²) in [5.41, 5.74) is 3.15. The van der Waals surface area contributed by atoms with E-state index in [1.165, 1.54) is 17.3 Å². The van der Waals surface area contributed by atoms with E-state index in [1.807, 2.05) is 65.8 Å². The van der Waals surface area contributed by atoms with Gasteiger partial charge in [-0.1, -0.05) is 60.3 Å². The molecule has 2 aromatic carbocycles. The Hall–Kier alpha value is -3.36. The first-order chi connectivity index (χ1) is 17.1. The Bertz CT molecular complexity index is 1260. The van der Waals surface area contributed by atoms with Gasteiger partial charge in [0.25, 0.3) is 0 Å². The Morgan fingerprint density at radius 2 is 1.66 bits per heavy atom. The van der Waals surface area contributed by atoms with E-state index < -0.39 is 0 Å². The average Bonchev–Trinajstić information content (AvgIpc) is 3.50. The fourth-order valence-electron chi connectivity index (χ4n) is 4.38. The van der Waals surface area contributed by atoms with Crippen molar-refractivity contribution in [2.75, 3.05) is 26.2 Å². The van der Waals surface area contributed by atoms with E-state index in [-0.39, 0.29) is 11.2 Å². The van der Waals surface area contributed by atoms with E-state index in [4.69, 9.17) is 4.42 Å². The summed E-state index contributed by atoms with van der Waals surface area (Å²) in [7, 11) is 0. The number of hydrogen-bond donors (Lipinski definition) is 0. The van der Waals surface area contributed by atoms with Crippen molar-refractivity contribution in [3.8, 4) is 17.1 Å². The molecular weight excluding hydrogens is 458 g/mol. The maximum atomic E-state index is 13.3. The smallest absolute Gasteiger partial charge is 0.235 e. The maximum Gasteiger partial charge on any atom is 0.235 e. The van der Waals surface area contributed by atoms with Gasteiger partial charge in [0, 0.05) is 38.4 Å². The number of para-hydroxylation sites is 1. The number of carbonyl (C=O) groups excluding carboxylic acids is 1. The number of furan rings is 1. The standard InChI is InChI=1S/C27H29N5O2S/c1-20-24(13-18-34-20)25-28-29-27(32(25)23-11-7-4-8-12-23)35-21(2)26(33)31-16-14-30(15-17-31)19-22-9-5-3-6-10-22/h3-13,18,21H,14-17,19H2,1-2H3. The zero-order valence-electron chi connectivity index (χ0n) is 20.0. The Morgan fingerprint density at radius 1 is 0.971 bits per heavy atom. The highest BCUT2D eigenvalue weighted by Gasteiger charge is 2.28. The van der Waals surface area contributed by atoms with Crippen molar-refractivity contribution in [3.63, 3.8) is 0 Å². The minimum atomic E-state index is -0.277. The highest BCUT2D eigenvalue weighted by Crippen LogP contribution is 2.32. The fraction of sp³-hybridized carbons (Fsp3) is 0.296. The number of amides is 1. The molecule has 1 fully saturated rings. The molecule has 7 nitrogen and oxygen atoms in total. The highest BCUT2D eigenvalue weighted by atomic mass is 32.2. The van der Waals surface area contributed by atoms with Gasteiger partial charge in [0.1, 0.15) is 5.76 Å². The molecule has 3 heterocycles. The Labute approximate surface area is 209 Å². The summed E-state index contributed by atoms with van der Waals surface area (Å²) in [6.45, 7) is 8.02. The summed E-state index contributed by atoms with van der Waals surface area (Å²) in [5.74, 6) is 1.63. The van der Waals surface area contributed by atoms with Crippen LogP contribution in [-0.4, -0.2) is 61.9 Å². The molecule has 5 rings (SSSR count). The summed E-state index contributed by atoms with van der Waals surface area (Å²) < 4.78 is 7.52. The molecule has 0 bridgehead atoms. The molecule has 1 amide bonds. The third kappa shape index (κ3) is 5.18. The Morgan fingerprint density at radius 3 is 2.31 bits per heavy atom. The van der Waals surface area contributed by atoms with Gasteiger partial charge in [-0.15, -0.1) is 10.2 Å². The second-order valence-electron chi connectivity index (χ2n) is 8.71. The van der Waals surface area contributed by atoms with Crippen molar-refractivity contribution in [2.45, 2.75) is 30.8 Å². The van der Waals surface area contributed by atoms with Crippen molar-refractivity contribution in [1.82, 2.24) is 24.6 Å². The molecular formula is C27H29N5O2S. The molecule has 35 heavy (non-hydrogen) atoms. The molecule has 1 aliphatic heterocycles. The van der Waals surface area contributed by atoms with E-state index in [1.54, 1.807) is 6.26 Å². The molecule has 180 valence electrons. The first kappa shape index (κ1) is 23.4. The third-order valence-electron chi connectivity index (χ3n) is 6.31. The molecule has 0 N–H and O–H groups in total. The third-order valence-corrected chi connectivity index (χ3v) is 7.34. The van der Waals surface area contributed by atoms with Gasteiger partial charge < -0.3 is 9.32 Å². The van der Waals surface area contributed by atoms with E-state index in [9.17, 15) is 4.79 Å². The fourth-order valence-corrected chi connectivity index (χ4v) is 5.33. The van der Waals surface area contributed by atoms with Crippen molar-refractivity contribution in [1.29, 1.82) is 0 Å². The molecule has 1 atom stereocenters. The van der Waals surface area contributed by atoms with Crippen molar-refractivity contribution < 1.29 is 9.21 Å². The predicted octanol–water partition coefficient (Wildman–Crippen LogP) is 4.66. The number of piperazine rings is 1. The number of thioether (sulfide) groups is 1. The van der Waals surface area contributed by atoms with E-state index in [0.717, 1.165) is 49.7 Å². The number of hydrogen-bond acceptors (Lipinski definition) is 6. The lowest BCUT2D eigenvalue weighted by Crippen LogP contribution is -2.50. The second kappa shape index (κ2) is 10.5. The number of benzene rings is 2. The van der Waals surface area contributed by atoms with Crippen LogP contribution in [0.2, 0.25) is 0 Å². The van der Waals surface area contributed by atoms with Crippen molar-refractivity contribution in [3.05, 3.63) is 84.3 Å². The normalized spacial score (nSPS) is 15.3. The molecule has 0 aliphatic carbocycles. The van der Waals surface area contributed by atoms with Gasteiger partial charge in [0.15, 0.2) is 11.0 Å². The number of carbonyl (C=O) groups is 1. The summed E-state index contributed by atoms with van der Waals surface area (Å²) in [6.07, 6.45) is 1.66. The second-order valence-corrected chi connectivity index (χ2v) is 10.0. The van der Waals surface area contributed by atoms with E-state index >= 15 is 0 Å². The van der Waals surface area contributed by atoms with E-state index in [2.05, 4.69) is 39.4 Å². The van der Waals surface area contributed by atoms with Crippen molar-refractivity contribution in [2.24, 2.45) is 0 Å². The maximum absolute atomic E-state index is 13.3. The van der Waals surface area contributed by atoms with Crippen LogP contribution in [-0.2, 0) is 11.3 Å². The molecule has 2 aromatic heterocycles. The van der Waals surface area contributed by atoms with Crippen LogP contribution < -0.4 is 0 Å². The van der Waals surface area contributed by atoms with Gasteiger partial charge in [-0.2, -0.15) is 0 Å². The zero-order chi connectivity index (χ0) is 24.2. The van der Waals surface area contributed by atoms with Crippen LogP contribution in [0.5, 0.6) is 0 Å². The van der Waals surface area contributed by atoms with Crippen LogP contribution >= 0.6 is 11.8 Å².